The summed E-state index contributed by atoms with van der Waals surface area (Å²) in [5.41, 5.74) is -0.919. The van der Waals surface area contributed by atoms with Crippen molar-refractivity contribution in [3.63, 3.8) is 0 Å². The Labute approximate surface area is 87.8 Å². The number of rotatable bonds is 2. The molecule has 1 atom stereocenters. The molecular formula is C10H13NO2S. The molecule has 0 aromatic carbocycles. The molecule has 0 aliphatic carbocycles. The van der Waals surface area contributed by atoms with Crippen LogP contribution in [0, 0.1) is 11.8 Å². The fourth-order valence-electron chi connectivity index (χ4n) is 0.695. The van der Waals surface area contributed by atoms with Crippen LogP contribution in [0.15, 0.2) is 6.20 Å². The van der Waals surface area contributed by atoms with Crippen LogP contribution in [-0.2, 0) is 0 Å². The van der Waals surface area contributed by atoms with Crippen LogP contribution >= 0.6 is 11.3 Å². The number of aromatic nitrogens is 1. The molecule has 14 heavy (non-hydrogen) atoms. The van der Waals surface area contributed by atoms with Gasteiger partial charge in [0.2, 0.25) is 0 Å². The molecule has 76 valence electrons. The monoisotopic (exact) mass is 211 g/mol. The molecule has 0 aliphatic rings. The minimum atomic E-state index is -0.919. The Bertz CT molecular complexity index is 360. The Kier molecular flexibility index (Phi) is 3.50. The average Bonchev–Trinajstić information content (AvgIpc) is 2.63. The van der Waals surface area contributed by atoms with Crippen molar-refractivity contribution in [2.75, 3.05) is 7.11 Å². The highest BCUT2D eigenvalue weighted by atomic mass is 32.1. The second-order valence-corrected chi connectivity index (χ2v) is 4.07. The van der Waals surface area contributed by atoms with Gasteiger partial charge in [-0.2, -0.15) is 0 Å². The topological polar surface area (TPSA) is 42.4 Å². The van der Waals surface area contributed by atoms with Gasteiger partial charge in [-0.3, -0.25) is 0 Å². The van der Waals surface area contributed by atoms with Gasteiger partial charge in [-0.15, -0.1) is 0 Å². The van der Waals surface area contributed by atoms with Crippen molar-refractivity contribution in [3.05, 3.63) is 11.1 Å². The largest absolute Gasteiger partial charge is 0.473 e. The van der Waals surface area contributed by atoms with E-state index in [0.29, 0.717) is 11.6 Å². The summed E-state index contributed by atoms with van der Waals surface area (Å²) in [6.45, 7) is 3.58. The Balaban J connectivity index is 2.77. The van der Waals surface area contributed by atoms with E-state index >= 15 is 0 Å². The van der Waals surface area contributed by atoms with Crippen molar-refractivity contribution < 1.29 is 9.84 Å². The van der Waals surface area contributed by atoms with Crippen LogP contribution in [0.5, 0.6) is 5.19 Å². The van der Waals surface area contributed by atoms with E-state index in [1.165, 1.54) is 11.3 Å². The second kappa shape index (κ2) is 4.45. The van der Waals surface area contributed by atoms with Crippen molar-refractivity contribution >= 4 is 11.3 Å². The Morgan fingerprint density at radius 3 is 2.93 bits per heavy atom. The molecule has 0 fully saturated rings. The highest BCUT2D eigenvalue weighted by molar-refractivity contribution is 7.13. The van der Waals surface area contributed by atoms with Crippen molar-refractivity contribution in [1.29, 1.82) is 0 Å². The summed E-state index contributed by atoms with van der Waals surface area (Å²) in [5.74, 6) is 5.65. The summed E-state index contributed by atoms with van der Waals surface area (Å²) in [5, 5.41) is 10.2. The molecule has 1 rings (SSSR count). The smallest absolute Gasteiger partial charge is 0.274 e. The predicted molar refractivity (Wildman–Crippen MR) is 56.5 cm³/mol. The van der Waals surface area contributed by atoms with Gasteiger partial charge < -0.3 is 9.84 Å². The zero-order chi connectivity index (χ0) is 10.6. The summed E-state index contributed by atoms with van der Waals surface area (Å²) >= 11 is 1.37. The summed E-state index contributed by atoms with van der Waals surface area (Å²) in [4.78, 5) is 4.77. The number of aliphatic hydroxyl groups is 1. The van der Waals surface area contributed by atoms with Crippen molar-refractivity contribution in [3.8, 4) is 17.0 Å². The van der Waals surface area contributed by atoms with Crippen LogP contribution in [0.4, 0.5) is 0 Å². The molecule has 0 amide bonds. The normalized spacial score (nSPS) is 14.0. The molecule has 0 saturated carbocycles. The van der Waals surface area contributed by atoms with E-state index in [0.717, 1.165) is 4.88 Å². The Hall–Kier alpha value is -1.05. The number of hydrogen-bond donors (Lipinski definition) is 1. The van der Waals surface area contributed by atoms with Gasteiger partial charge in [0.15, 0.2) is 0 Å². The molecule has 1 N–H and O–H groups in total. The third kappa shape index (κ3) is 3.02. The highest BCUT2D eigenvalue weighted by Crippen LogP contribution is 2.19. The van der Waals surface area contributed by atoms with E-state index in [2.05, 4.69) is 16.8 Å². The number of ether oxygens (including phenoxy) is 1. The van der Waals surface area contributed by atoms with Gasteiger partial charge in [-0.05, 0) is 13.3 Å². The van der Waals surface area contributed by atoms with Crippen LogP contribution < -0.4 is 4.74 Å². The number of thiazole rings is 1. The highest BCUT2D eigenvalue weighted by Gasteiger charge is 2.12. The molecule has 1 unspecified atom stereocenters. The van der Waals surface area contributed by atoms with Crippen LogP contribution in [0.2, 0.25) is 0 Å². The summed E-state index contributed by atoms with van der Waals surface area (Å²) in [6.07, 6.45) is 2.25. The molecule has 0 aliphatic heterocycles. The molecule has 4 heteroatoms. The fourth-order valence-corrected chi connectivity index (χ4v) is 1.28. The van der Waals surface area contributed by atoms with Gasteiger partial charge in [0, 0.05) is 0 Å². The van der Waals surface area contributed by atoms with Gasteiger partial charge in [-0.1, -0.05) is 30.1 Å². The van der Waals surface area contributed by atoms with Gasteiger partial charge >= 0.3 is 0 Å². The van der Waals surface area contributed by atoms with E-state index in [-0.39, 0.29) is 0 Å². The third-order valence-corrected chi connectivity index (χ3v) is 2.68. The van der Waals surface area contributed by atoms with Gasteiger partial charge in [0.25, 0.3) is 5.19 Å². The third-order valence-electron chi connectivity index (χ3n) is 1.80. The Morgan fingerprint density at radius 2 is 2.43 bits per heavy atom. The maximum Gasteiger partial charge on any atom is 0.274 e. The first-order valence-electron chi connectivity index (χ1n) is 4.33. The number of hydrogen-bond acceptors (Lipinski definition) is 4. The number of nitrogens with zero attached hydrogens (tertiary/aromatic N) is 1. The predicted octanol–water partition coefficient (Wildman–Crippen LogP) is 1.66. The van der Waals surface area contributed by atoms with Gasteiger partial charge in [0.1, 0.15) is 10.5 Å². The second-order valence-electron chi connectivity index (χ2n) is 3.07. The van der Waals surface area contributed by atoms with E-state index < -0.39 is 5.60 Å². The summed E-state index contributed by atoms with van der Waals surface area (Å²) in [6, 6.07) is 0. The van der Waals surface area contributed by atoms with E-state index in [1.54, 1.807) is 20.2 Å². The zero-order valence-electron chi connectivity index (χ0n) is 8.50. The molecule has 1 heterocycles. The van der Waals surface area contributed by atoms with Crippen LogP contribution in [0.1, 0.15) is 25.1 Å². The molecule has 3 nitrogen and oxygen atoms in total. The van der Waals surface area contributed by atoms with Crippen LogP contribution in [0.3, 0.4) is 0 Å². The Morgan fingerprint density at radius 1 is 1.71 bits per heavy atom. The standard InChI is InChI=1S/C10H13NO2S/c1-4-10(2,12)6-5-8-7-11-9(13-3)14-8/h7,12H,4H2,1-3H3. The fraction of sp³-hybridized carbons (Fsp3) is 0.500. The number of methoxy groups -OCH3 is 1. The lowest BCUT2D eigenvalue weighted by atomic mass is 10.1. The van der Waals surface area contributed by atoms with Crippen LogP contribution in [0.25, 0.3) is 0 Å². The van der Waals surface area contributed by atoms with E-state index in [9.17, 15) is 5.11 Å². The van der Waals surface area contributed by atoms with Gasteiger partial charge in [0.05, 0.1) is 13.3 Å². The SMILES string of the molecule is CCC(C)(O)C#Cc1cnc(OC)s1. The van der Waals surface area contributed by atoms with Gasteiger partial charge in [-0.25, -0.2) is 4.98 Å². The molecule has 0 radical (unpaired) electrons. The van der Waals surface area contributed by atoms with Crippen molar-refractivity contribution in [1.82, 2.24) is 4.98 Å². The summed E-state index contributed by atoms with van der Waals surface area (Å²) < 4.78 is 4.93. The average molecular weight is 211 g/mol. The lowest BCUT2D eigenvalue weighted by Gasteiger charge is -2.11. The maximum absolute atomic E-state index is 9.63. The summed E-state index contributed by atoms with van der Waals surface area (Å²) in [7, 11) is 1.57. The van der Waals surface area contributed by atoms with Crippen molar-refractivity contribution in [2.45, 2.75) is 25.9 Å². The van der Waals surface area contributed by atoms with E-state index in [1.807, 2.05) is 6.92 Å². The zero-order valence-corrected chi connectivity index (χ0v) is 9.31. The first-order chi connectivity index (χ1) is 6.57. The lowest BCUT2D eigenvalue weighted by Crippen LogP contribution is -2.19. The first kappa shape index (κ1) is 11.0. The molecule has 0 bridgehead atoms. The maximum atomic E-state index is 9.63. The molecule has 0 saturated heterocycles. The van der Waals surface area contributed by atoms with Crippen molar-refractivity contribution in [2.24, 2.45) is 0 Å². The molecule has 1 aromatic rings. The van der Waals surface area contributed by atoms with Crippen LogP contribution in [-0.4, -0.2) is 22.8 Å². The lowest BCUT2D eigenvalue weighted by molar-refractivity contribution is 0.118. The molecular weight excluding hydrogens is 198 g/mol. The first-order valence-corrected chi connectivity index (χ1v) is 5.14. The molecule has 1 aromatic heterocycles. The van der Waals surface area contributed by atoms with E-state index in [4.69, 9.17) is 4.74 Å². The minimum absolute atomic E-state index is 0.588. The quantitative estimate of drug-likeness (QED) is 0.756. The molecule has 0 spiro atoms. The minimum Gasteiger partial charge on any atom is -0.473 e.